The first-order chi connectivity index (χ1) is 12.1. The van der Waals surface area contributed by atoms with Gasteiger partial charge in [0.1, 0.15) is 0 Å². The van der Waals surface area contributed by atoms with Gasteiger partial charge in [0.25, 0.3) is 5.69 Å². The Morgan fingerprint density at radius 3 is 2.46 bits per heavy atom. The summed E-state index contributed by atoms with van der Waals surface area (Å²) in [6, 6.07) is 8.29. The molecule has 0 heterocycles. The Bertz CT molecular complexity index is 894. The average molecular weight is 430 g/mol. The van der Waals surface area contributed by atoms with Crippen molar-refractivity contribution in [2.45, 2.75) is 6.18 Å². The number of para-hydroxylation sites is 1. The maximum atomic E-state index is 12.9. The van der Waals surface area contributed by atoms with Crippen LogP contribution in [0.25, 0.3) is 11.6 Å². The van der Waals surface area contributed by atoms with Crippen LogP contribution in [-0.4, -0.2) is 18.0 Å². The second kappa shape index (κ2) is 7.69. The molecule has 2 rings (SSSR count). The number of rotatable bonds is 4. The van der Waals surface area contributed by atoms with Crippen molar-refractivity contribution < 1.29 is 27.6 Å². The van der Waals surface area contributed by atoms with Crippen LogP contribution >= 0.6 is 15.9 Å². The molecule has 0 saturated heterocycles. The highest BCUT2D eigenvalue weighted by Crippen LogP contribution is 2.34. The van der Waals surface area contributed by atoms with E-state index in [2.05, 4.69) is 20.7 Å². The van der Waals surface area contributed by atoms with Crippen LogP contribution < -0.4 is 0 Å². The minimum Gasteiger partial charge on any atom is -0.465 e. The lowest BCUT2D eigenvalue weighted by molar-refractivity contribution is -0.385. The minimum absolute atomic E-state index is 0.0263. The van der Waals surface area contributed by atoms with E-state index in [1.807, 2.05) is 0 Å². The van der Waals surface area contributed by atoms with Gasteiger partial charge in [0.2, 0.25) is 0 Å². The first-order valence-electron chi connectivity index (χ1n) is 7.05. The van der Waals surface area contributed by atoms with Crippen molar-refractivity contribution in [1.29, 1.82) is 0 Å². The van der Waals surface area contributed by atoms with Gasteiger partial charge in [-0.2, -0.15) is 13.2 Å². The van der Waals surface area contributed by atoms with Crippen LogP contribution in [0.2, 0.25) is 0 Å². The summed E-state index contributed by atoms with van der Waals surface area (Å²) in [6.07, 6.45) is -3.46. The molecule has 0 bridgehead atoms. The van der Waals surface area contributed by atoms with E-state index in [1.165, 1.54) is 30.3 Å². The van der Waals surface area contributed by atoms with Gasteiger partial charge in [-0.15, -0.1) is 0 Å². The third-order valence-corrected chi connectivity index (χ3v) is 4.14. The third kappa shape index (κ3) is 4.29. The Balaban J connectivity index is 2.70. The van der Waals surface area contributed by atoms with Gasteiger partial charge in [0, 0.05) is 10.5 Å². The van der Waals surface area contributed by atoms with Crippen LogP contribution in [-0.2, 0) is 15.7 Å². The number of ether oxygens (including phenoxy) is 1. The molecule has 0 unspecified atom stereocenters. The predicted octanol–water partition coefficient (Wildman–Crippen LogP) is 5.09. The molecule has 0 N–H and O–H groups in total. The fourth-order valence-corrected chi connectivity index (χ4v) is 2.56. The molecule has 9 heteroatoms. The molecule has 0 amide bonds. The van der Waals surface area contributed by atoms with E-state index in [9.17, 15) is 28.1 Å². The molecule has 2 aromatic carbocycles. The van der Waals surface area contributed by atoms with E-state index in [-0.39, 0.29) is 26.9 Å². The minimum atomic E-state index is -4.58. The van der Waals surface area contributed by atoms with E-state index < -0.39 is 22.6 Å². The van der Waals surface area contributed by atoms with Crippen LogP contribution in [0.1, 0.15) is 16.7 Å². The molecule has 0 aliphatic carbocycles. The molecule has 0 spiro atoms. The van der Waals surface area contributed by atoms with Gasteiger partial charge in [-0.05, 0) is 35.9 Å². The number of alkyl halides is 3. The number of esters is 1. The molecule has 0 radical (unpaired) electrons. The van der Waals surface area contributed by atoms with Crippen molar-refractivity contribution in [2.75, 3.05) is 7.11 Å². The highest BCUT2D eigenvalue weighted by Gasteiger charge is 2.31. The summed E-state index contributed by atoms with van der Waals surface area (Å²) >= 11 is 3.12. The molecule has 0 aliphatic heterocycles. The van der Waals surface area contributed by atoms with E-state index in [0.717, 1.165) is 25.3 Å². The van der Waals surface area contributed by atoms with Gasteiger partial charge in [-0.3, -0.25) is 10.1 Å². The number of nitro benzene ring substituents is 1. The zero-order chi connectivity index (χ0) is 19.5. The number of benzene rings is 2. The highest BCUT2D eigenvalue weighted by molar-refractivity contribution is 9.10. The summed E-state index contributed by atoms with van der Waals surface area (Å²) in [5.41, 5.74) is -1.56. The summed E-state index contributed by atoms with van der Waals surface area (Å²) in [5, 5.41) is 11.2. The monoisotopic (exact) mass is 429 g/mol. The van der Waals surface area contributed by atoms with Crippen LogP contribution in [0.15, 0.2) is 46.9 Å². The number of nitrogens with zero attached hydrogens (tertiary/aromatic N) is 1. The van der Waals surface area contributed by atoms with Crippen molar-refractivity contribution in [3.05, 3.63) is 73.7 Å². The Morgan fingerprint density at radius 2 is 1.88 bits per heavy atom. The van der Waals surface area contributed by atoms with Crippen molar-refractivity contribution in [1.82, 2.24) is 0 Å². The number of nitro groups is 1. The number of methoxy groups -OCH3 is 1. The molecule has 26 heavy (non-hydrogen) atoms. The van der Waals surface area contributed by atoms with Crippen LogP contribution in [0.4, 0.5) is 18.9 Å². The van der Waals surface area contributed by atoms with Crippen LogP contribution in [0.5, 0.6) is 0 Å². The molecular weight excluding hydrogens is 419 g/mol. The normalized spacial score (nSPS) is 12.0. The Kier molecular flexibility index (Phi) is 5.81. The highest BCUT2D eigenvalue weighted by atomic mass is 79.9. The summed E-state index contributed by atoms with van der Waals surface area (Å²) in [4.78, 5) is 22.7. The van der Waals surface area contributed by atoms with Crippen molar-refractivity contribution >= 4 is 39.2 Å². The molecule has 2 aromatic rings. The number of carbonyl (C=O) groups excluding carboxylic acids is 1. The fourth-order valence-electron chi connectivity index (χ4n) is 2.20. The Morgan fingerprint density at radius 1 is 1.23 bits per heavy atom. The molecule has 0 aliphatic rings. The summed E-state index contributed by atoms with van der Waals surface area (Å²) in [7, 11) is 1.08. The number of hydrogen-bond acceptors (Lipinski definition) is 4. The molecule has 136 valence electrons. The SMILES string of the molecule is COC(=O)/C(=C/c1cc(C(F)(F)F)ccc1Br)c1ccccc1[N+](=O)[O-]. The van der Waals surface area contributed by atoms with Gasteiger partial charge >= 0.3 is 12.1 Å². The van der Waals surface area contributed by atoms with Gasteiger partial charge in [-0.1, -0.05) is 28.1 Å². The number of hydrogen-bond donors (Lipinski definition) is 0. The first kappa shape index (κ1) is 19.6. The Labute approximate surface area is 154 Å². The average Bonchev–Trinajstić information content (AvgIpc) is 2.59. The molecule has 0 atom stereocenters. The fraction of sp³-hybridized carbons (Fsp3) is 0.118. The number of halogens is 4. The van der Waals surface area contributed by atoms with E-state index in [1.54, 1.807) is 0 Å². The number of carbonyl (C=O) groups is 1. The molecule has 0 fully saturated rings. The lowest BCUT2D eigenvalue weighted by atomic mass is 10.00. The predicted molar refractivity (Wildman–Crippen MR) is 92.1 cm³/mol. The van der Waals surface area contributed by atoms with Crippen LogP contribution in [0.3, 0.4) is 0 Å². The first-order valence-corrected chi connectivity index (χ1v) is 7.85. The lowest BCUT2D eigenvalue weighted by Crippen LogP contribution is -2.07. The van der Waals surface area contributed by atoms with Crippen molar-refractivity contribution in [3.8, 4) is 0 Å². The van der Waals surface area contributed by atoms with Gasteiger partial charge in [0.15, 0.2) is 0 Å². The topological polar surface area (TPSA) is 69.4 Å². The maximum Gasteiger partial charge on any atom is 0.416 e. The summed E-state index contributed by atoms with van der Waals surface area (Å²) in [6.45, 7) is 0. The molecule has 0 saturated carbocycles. The summed E-state index contributed by atoms with van der Waals surface area (Å²) < 4.78 is 43.7. The second-order valence-electron chi connectivity index (χ2n) is 5.06. The summed E-state index contributed by atoms with van der Waals surface area (Å²) in [5.74, 6) is -0.913. The standard InChI is InChI=1S/C17H11BrF3NO4/c1-26-16(23)13(12-4-2-3-5-15(12)22(24)25)9-10-8-11(17(19,20)21)6-7-14(10)18/h2-9H,1H3/b13-9+. The largest absolute Gasteiger partial charge is 0.465 e. The smallest absolute Gasteiger partial charge is 0.416 e. The molecule has 0 aromatic heterocycles. The van der Waals surface area contributed by atoms with E-state index >= 15 is 0 Å². The zero-order valence-corrected chi connectivity index (χ0v) is 14.8. The lowest BCUT2D eigenvalue weighted by Gasteiger charge is -2.11. The van der Waals surface area contributed by atoms with Crippen molar-refractivity contribution in [2.24, 2.45) is 0 Å². The second-order valence-corrected chi connectivity index (χ2v) is 5.91. The van der Waals surface area contributed by atoms with Gasteiger partial charge in [-0.25, -0.2) is 4.79 Å². The van der Waals surface area contributed by atoms with Gasteiger partial charge < -0.3 is 4.74 Å². The van der Waals surface area contributed by atoms with Gasteiger partial charge in [0.05, 0.1) is 28.7 Å². The van der Waals surface area contributed by atoms with E-state index in [0.29, 0.717) is 0 Å². The third-order valence-electron chi connectivity index (χ3n) is 3.42. The molecule has 5 nitrogen and oxygen atoms in total. The van der Waals surface area contributed by atoms with Crippen molar-refractivity contribution in [3.63, 3.8) is 0 Å². The van der Waals surface area contributed by atoms with E-state index in [4.69, 9.17) is 0 Å². The zero-order valence-electron chi connectivity index (χ0n) is 13.2. The van der Waals surface area contributed by atoms with Crippen LogP contribution in [0, 0.1) is 10.1 Å². The Hall–Kier alpha value is -2.68. The quantitative estimate of drug-likeness (QED) is 0.223. The molecular formula is C17H11BrF3NO4. The maximum absolute atomic E-state index is 12.9.